The minimum absolute atomic E-state index is 0.117. The van der Waals surface area contributed by atoms with Crippen molar-refractivity contribution in [2.45, 2.75) is 41.6 Å². The second-order valence-corrected chi connectivity index (χ2v) is 8.15. The van der Waals surface area contributed by atoms with Crippen molar-refractivity contribution in [1.29, 1.82) is 0 Å². The van der Waals surface area contributed by atoms with E-state index < -0.39 is 5.79 Å². The summed E-state index contributed by atoms with van der Waals surface area (Å²) in [5, 5.41) is 0. The SMILES string of the molecule is CC1(C)O[C@H](CSc2ccccc2)[C@@H](CSc2ccccc2)O1. The molecule has 1 aliphatic heterocycles. The van der Waals surface area contributed by atoms with Crippen LogP contribution in [-0.4, -0.2) is 29.5 Å². The first kappa shape index (κ1) is 16.9. The zero-order valence-electron chi connectivity index (χ0n) is 13.5. The summed E-state index contributed by atoms with van der Waals surface area (Å²) in [6.07, 6.45) is 0.234. The van der Waals surface area contributed by atoms with Crippen LogP contribution in [0, 0.1) is 0 Å². The molecule has 23 heavy (non-hydrogen) atoms. The first-order valence-electron chi connectivity index (χ1n) is 7.84. The molecule has 1 aliphatic rings. The van der Waals surface area contributed by atoms with Gasteiger partial charge in [0.1, 0.15) is 0 Å². The van der Waals surface area contributed by atoms with Gasteiger partial charge in [-0.1, -0.05) is 36.4 Å². The van der Waals surface area contributed by atoms with Gasteiger partial charge in [-0.25, -0.2) is 0 Å². The van der Waals surface area contributed by atoms with E-state index in [1.807, 2.05) is 49.5 Å². The molecule has 0 bridgehead atoms. The van der Waals surface area contributed by atoms with Crippen LogP contribution in [0.4, 0.5) is 0 Å². The predicted molar refractivity (Wildman–Crippen MR) is 98.2 cm³/mol. The number of benzene rings is 2. The van der Waals surface area contributed by atoms with Crippen LogP contribution in [0.25, 0.3) is 0 Å². The van der Waals surface area contributed by atoms with Crippen molar-refractivity contribution >= 4 is 23.5 Å². The molecule has 0 spiro atoms. The van der Waals surface area contributed by atoms with Crippen LogP contribution < -0.4 is 0 Å². The molecular weight excluding hydrogens is 324 g/mol. The Morgan fingerprint density at radius 2 is 1.13 bits per heavy atom. The summed E-state index contributed by atoms with van der Waals surface area (Å²) >= 11 is 3.66. The number of hydrogen-bond acceptors (Lipinski definition) is 4. The Kier molecular flexibility index (Phi) is 5.70. The second-order valence-electron chi connectivity index (χ2n) is 5.96. The van der Waals surface area contributed by atoms with Crippen LogP contribution in [0.15, 0.2) is 70.5 Å². The van der Waals surface area contributed by atoms with E-state index in [9.17, 15) is 0 Å². The highest BCUT2D eigenvalue weighted by Gasteiger charge is 2.40. The van der Waals surface area contributed by atoms with E-state index in [4.69, 9.17) is 9.47 Å². The molecule has 0 saturated carbocycles. The number of hydrogen-bond donors (Lipinski definition) is 0. The molecule has 1 heterocycles. The molecule has 4 heteroatoms. The van der Waals surface area contributed by atoms with E-state index in [1.54, 1.807) is 0 Å². The molecule has 3 rings (SSSR count). The maximum Gasteiger partial charge on any atom is 0.163 e. The number of thioether (sulfide) groups is 2. The van der Waals surface area contributed by atoms with E-state index in [2.05, 4.69) is 48.5 Å². The molecule has 2 aromatic rings. The lowest BCUT2D eigenvalue weighted by atomic mass is 10.3. The minimum Gasteiger partial charge on any atom is -0.344 e. The fourth-order valence-electron chi connectivity index (χ4n) is 2.58. The quantitative estimate of drug-likeness (QED) is 0.678. The summed E-state index contributed by atoms with van der Waals surface area (Å²) in [5.41, 5.74) is 0. The molecule has 0 amide bonds. The van der Waals surface area contributed by atoms with E-state index >= 15 is 0 Å². The van der Waals surface area contributed by atoms with Crippen molar-refractivity contribution < 1.29 is 9.47 Å². The maximum absolute atomic E-state index is 6.12. The molecule has 2 nitrogen and oxygen atoms in total. The van der Waals surface area contributed by atoms with Crippen molar-refractivity contribution in [3.05, 3.63) is 60.7 Å². The maximum atomic E-state index is 6.12. The summed E-state index contributed by atoms with van der Waals surface area (Å²) in [7, 11) is 0. The van der Waals surface area contributed by atoms with Crippen molar-refractivity contribution in [1.82, 2.24) is 0 Å². The third kappa shape index (κ3) is 5.01. The van der Waals surface area contributed by atoms with Crippen molar-refractivity contribution in [2.75, 3.05) is 11.5 Å². The van der Waals surface area contributed by atoms with Crippen LogP contribution in [0.2, 0.25) is 0 Å². The first-order chi connectivity index (χ1) is 11.1. The van der Waals surface area contributed by atoms with E-state index in [-0.39, 0.29) is 12.2 Å². The Labute approximate surface area is 147 Å². The van der Waals surface area contributed by atoms with Gasteiger partial charge < -0.3 is 9.47 Å². The highest BCUT2D eigenvalue weighted by molar-refractivity contribution is 7.99. The van der Waals surface area contributed by atoms with Gasteiger partial charge >= 0.3 is 0 Å². The monoisotopic (exact) mass is 346 g/mol. The summed E-state index contributed by atoms with van der Waals surface area (Å²) < 4.78 is 12.2. The topological polar surface area (TPSA) is 18.5 Å². The first-order valence-corrected chi connectivity index (χ1v) is 9.81. The second kappa shape index (κ2) is 7.75. The summed E-state index contributed by atoms with van der Waals surface area (Å²) in [6, 6.07) is 20.9. The van der Waals surface area contributed by atoms with Gasteiger partial charge in [-0.2, -0.15) is 0 Å². The van der Waals surface area contributed by atoms with Gasteiger partial charge in [-0.15, -0.1) is 23.5 Å². The fourth-order valence-corrected chi connectivity index (χ4v) is 4.56. The Morgan fingerprint density at radius 1 is 0.739 bits per heavy atom. The van der Waals surface area contributed by atoms with E-state index in [0.29, 0.717) is 0 Å². The molecule has 0 N–H and O–H groups in total. The lowest BCUT2D eigenvalue weighted by Gasteiger charge is -2.16. The van der Waals surface area contributed by atoms with Gasteiger partial charge in [-0.3, -0.25) is 0 Å². The minimum atomic E-state index is -0.496. The van der Waals surface area contributed by atoms with Gasteiger partial charge in [-0.05, 0) is 38.1 Å². The zero-order chi connectivity index (χ0) is 16.1. The predicted octanol–water partition coefficient (Wildman–Crippen LogP) is 5.09. The van der Waals surface area contributed by atoms with Crippen LogP contribution in [0.5, 0.6) is 0 Å². The smallest absolute Gasteiger partial charge is 0.163 e. The third-order valence-corrected chi connectivity index (χ3v) is 5.80. The molecule has 0 aliphatic carbocycles. The van der Waals surface area contributed by atoms with Crippen molar-refractivity contribution in [3.63, 3.8) is 0 Å². The van der Waals surface area contributed by atoms with Gasteiger partial charge in [0.25, 0.3) is 0 Å². The Hall–Kier alpha value is -0.940. The van der Waals surface area contributed by atoms with Crippen LogP contribution in [0.1, 0.15) is 13.8 Å². The molecule has 2 aromatic carbocycles. The standard InChI is InChI=1S/C19H22O2S2/c1-19(2)20-17(13-22-15-9-5-3-6-10-15)18(21-19)14-23-16-11-7-4-8-12-16/h3-12,17-18H,13-14H2,1-2H3/t17-,18-/m1/s1. The molecule has 1 saturated heterocycles. The zero-order valence-corrected chi connectivity index (χ0v) is 15.1. The van der Waals surface area contributed by atoms with Crippen LogP contribution in [-0.2, 0) is 9.47 Å². The summed E-state index contributed by atoms with van der Waals surface area (Å²) in [4.78, 5) is 2.55. The highest BCUT2D eigenvalue weighted by atomic mass is 32.2. The van der Waals surface area contributed by atoms with Crippen LogP contribution >= 0.6 is 23.5 Å². The van der Waals surface area contributed by atoms with E-state index in [1.165, 1.54) is 9.79 Å². The number of rotatable bonds is 6. The van der Waals surface area contributed by atoms with Gasteiger partial charge in [0.2, 0.25) is 0 Å². The lowest BCUT2D eigenvalue weighted by Crippen LogP contribution is -2.27. The molecule has 0 unspecified atom stereocenters. The summed E-state index contributed by atoms with van der Waals surface area (Å²) in [5.74, 6) is 1.32. The fraction of sp³-hybridized carbons (Fsp3) is 0.368. The third-order valence-electron chi connectivity index (χ3n) is 3.60. The van der Waals surface area contributed by atoms with Crippen molar-refractivity contribution in [2.24, 2.45) is 0 Å². The van der Waals surface area contributed by atoms with Gasteiger partial charge in [0.15, 0.2) is 5.79 Å². The Bertz CT molecular complexity index is 548. The number of ether oxygens (including phenoxy) is 2. The Morgan fingerprint density at radius 3 is 1.52 bits per heavy atom. The Balaban J connectivity index is 1.58. The average Bonchev–Trinajstić information content (AvgIpc) is 2.87. The normalized spacial score (nSPS) is 23.0. The molecule has 0 aromatic heterocycles. The largest absolute Gasteiger partial charge is 0.344 e. The molecule has 122 valence electrons. The molecule has 0 radical (unpaired) electrons. The molecule has 1 fully saturated rings. The lowest BCUT2D eigenvalue weighted by molar-refractivity contribution is -0.142. The van der Waals surface area contributed by atoms with Gasteiger partial charge in [0.05, 0.1) is 12.2 Å². The van der Waals surface area contributed by atoms with Crippen molar-refractivity contribution in [3.8, 4) is 0 Å². The molecule has 2 atom stereocenters. The van der Waals surface area contributed by atoms with E-state index in [0.717, 1.165) is 11.5 Å². The highest BCUT2D eigenvalue weighted by Crippen LogP contribution is 2.34. The summed E-state index contributed by atoms with van der Waals surface area (Å²) in [6.45, 7) is 4.00. The van der Waals surface area contributed by atoms with Gasteiger partial charge in [0, 0.05) is 21.3 Å². The average molecular weight is 347 g/mol. The molecular formula is C19H22O2S2. The van der Waals surface area contributed by atoms with Crippen LogP contribution in [0.3, 0.4) is 0 Å².